The Hall–Kier alpha value is -0.380. The lowest BCUT2D eigenvalue weighted by Crippen LogP contribution is -2.43. The smallest absolute Gasteiger partial charge is 0.0386 e. The van der Waals surface area contributed by atoms with E-state index in [2.05, 4.69) is 43.2 Å². The van der Waals surface area contributed by atoms with Crippen LogP contribution in [0, 0.1) is 0 Å². The zero-order valence-electron chi connectivity index (χ0n) is 11.9. The summed E-state index contributed by atoms with van der Waals surface area (Å²) in [4.78, 5) is 5.48. The molecule has 18 heavy (non-hydrogen) atoms. The molecule has 0 saturated carbocycles. The van der Waals surface area contributed by atoms with Crippen LogP contribution in [-0.4, -0.2) is 31.1 Å². The van der Waals surface area contributed by atoms with Crippen molar-refractivity contribution in [2.45, 2.75) is 51.6 Å². The van der Waals surface area contributed by atoms with Gasteiger partial charge in [0.1, 0.15) is 0 Å². The molecule has 2 nitrogen and oxygen atoms in total. The van der Waals surface area contributed by atoms with Gasteiger partial charge < -0.3 is 10.2 Å². The van der Waals surface area contributed by atoms with E-state index in [1.165, 1.54) is 35.6 Å². The topological polar surface area (TPSA) is 15.3 Å². The largest absolute Gasteiger partial charge is 0.308 e. The minimum Gasteiger partial charge on any atom is -0.308 e. The summed E-state index contributed by atoms with van der Waals surface area (Å²) < 4.78 is 0. The first-order chi connectivity index (χ1) is 8.70. The first-order valence-corrected chi connectivity index (χ1v) is 8.04. The first kappa shape index (κ1) is 14.0. The molecule has 0 amide bonds. The molecule has 1 fully saturated rings. The van der Waals surface area contributed by atoms with Crippen LogP contribution in [0.4, 0.5) is 0 Å². The third kappa shape index (κ3) is 3.56. The Labute approximate surface area is 115 Å². The van der Waals surface area contributed by atoms with Crippen molar-refractivity contribution in [2.24, 2.45) is 0 Å². The number of thiophene rings is 1. The summed E-state index contributed by atoms with van der Waals surface area (Å²) in [6, 6.07) is 5.77. The van der Waals surface area contributed by atoms with Gasteiger partial charge in [0.15, 0.2) is 0 Å². The predicted molar refractivity (Wildman–Crippen MR) is 80.4 cm³/mol. The molecule has 1 aliphatic rings. The molecule has 1 aromatic rings. The molecule has 1 saturated heterocycles. The molecular weight excluding hydrogens is 240 g/mol. The van der Waals surface area contributed by atoms with Crippen molar-refractivity contribution in [2.75, 3.05) is 20.1 Å². The molecule has 2 atom stereocenters. The van der Waals surface area contributed by atoms with Crippen LogP contribution >= 0.6 is 11.3 Å². The summed E-state index contributed by atoms with van der Waals surface area (Å²) in [7, 11) is 2.26. The molecule has 3 heteroatoms. The summed E-state index contributed by atoms with van der Waals surface area (Å²) in [6.45, 7) is 6.90. The Balaban J connectivity index is 1.81. The standard InChI is InChI=1S/C15H26N2S/c1-4-14-8-9-15(18-14)12(2)16-11-13-7-5-6-10-17(13)3/h8-9,12-13,16H,4-7,10-11H2,1-3H3. The lowest BCUT2D eigenvalue weighted by molar-refractivity contribution is 0.179. The highest BCUT2D eigenvalue weighted by Crippen LogP contribution is 2.24. The van der Waals surface area contributed by atoms with E-state index in [0.717, 1.165) is 19.0 Å². The Bertz CT molecular complexity index is 361. The first-order valence-electron chi connectivity index (χ1n) is 7.23. The zero-order valence-corrected chi connectivity index (χ0v) is 12.7. The van der Waals surface area contributed by atoms with Crippen molar-refractivity contribution in [3.05, 3.63) is 21.9 Å². The summed E-state index contributed by atoms with van der Waals surface area (Å²) in [6.07, 6.45) is 5.26. The summed E-state index contributed by atoms with van der Waals surface area (Å²) in [5, 5.41) is 3.71. The summed E-state index contributed by atoms with van der Waals surface area (Å²) in [5.41, 5.74) is 0. The van der Waals surface area contributed by atoms with Gasteiger partial charge in [-0.3, -0.25) is 0 Å². The average molecular weight is 266 g/mol. The molecule has 0 aliphatic carbocycles. The van der Waals surface area contributed by atoms with Gasteiger partial charge in [0, 0.05) is 28.4 Å². The van der Waals surface area contributed by atoms with E-state index in [4.69, 9.17) is 0 Å². The molecule has 0 spiro atoms. The Morgan fingerprint density at radius 3 is 2.94 bits per heavy atom. The molecule has 2 unspecified atom stereocenters. The third-order valence-electron chi connectivity index (χ3n) is 4.04. The highest BCUT2D eigenvalue weighted by Gasteiger charge is 2.19. The van der Waals surface area contributed by atoms with Crippen LogP contribution in [-0.2, 0) is 6.42 Å². The molecule has 0 aromatic carbocycles. The van der Waals surface area contributed by atoms with E-state index in [0.29, 0.717) is 6.04 Å². The van der Waals surface area contributed by atoms with Crippen molar-refractivity contribution >= 4 is 11.3 Å². The number of piperidine rings is 1. The van der Waals surface area contributed by atoms with E-state index < -0.39 is 0 Å². The molecule has 2 heterocycles. The maximum atomic E-state index is 3.71. The molecule has 1 aromatic heterocycles. The predicted octanol–water partition coefficient (Wildman–Crippen LogP) is 3.45. The van der Waals surface area contributed by atoms with Crippen LogP contribution in [0.5, 0.6) is 0 Å². The third-order valence-corrected chi connectivity index (χ3v) is 5.45. The lowest BCUT2D eigenvalue weighted by atomic mass is 10.0. The van der Waals surface area contributed by atoms with Crippen molar-refractivity contribution in [1.29, 1.82) is 0 Å². The highest BCUT2D eigenvalue weighted by atomic mass is 32.1. The monoisotopic (exact) mass is 266 g/mol. The van der Waals surface area contributed by atoms with Crippen LogP contribution in [0.2, 0.25) is 0 Å². The number of hydrogen-bond donors (Lipinski definition) is 1. The van der Waals surface area contributed by atoms with E-state index >= 15 is 0 Å². The van der Waals surface area contributed by atoms with E-state index in [1.54, 1.807) is 0 Å². The van der Waals surface area contributed by atoms with E-state index in [9.17, 15) is 0 Å². The van der Waals surface area contributed by atoms with Crippen molar-refractivity contribution in [1.82, 2.24) is 10.2 Å². The van der Waals surface area contributed by atoms with Gasteiger partial charge in [0.05, 0.1) is 0 Å². The molecule has 0 bridgehead atoms. The minimum atomic E-state index is 0.491. The van der Waals surface area contributed by atoms with E-state index in [-0.39, 0.29) is 0 Å². The quantitative estimate of drug-likeness (QED) is 0.878. The number of nitrogens with one attached hydrogen (secondary N) is 1. The van der Waals surface area contributed by atoms with Gasteiger partial charge in [-0.1, -0.05) is 13.3 Å². The maximum Gasteiger partial charge on any atom is 0.0386 e. The van der Waals surface area contributed by atoms with Crippen molar-refractivity contribution in [3.8, 4) is 0 Å². The summed E-state index contributed by atoms with van der Waals surface area (Å²) in [5.74, 6) is 0. The van der Waals surface area contributed by atoms with Crippen LogP contribution in [0.15, 0.2) is 12.1 Å². The maximum absolute atomic E-state index is 3.71. The van der Waals surface area contributed by atoms with Crippen molar-refractivity contribution < 1.29 is 0 Å². The molecule has 2 rings (SSSR count). The number of aryl methyl sites for hydroxylation is 1. The molecule has 102 valence electrons. The number of likely N-dealkylation sites (N-methyl/N-ethyl adjacent to an activating group) is 1. The highest BCUT2D eigenvalue weighted by molar-refractivity contribution is 7.12. The fraction of sp³-hybridized carbons (Fsp3) is 0.733. The Kier molecular flexibility index (Phi) is 5.22. The van der Waals surface area contributed by atoms with Crippen LogP contribution < -0.4 is 5.32 Å². The van der Waals surface area contributed by atoms with Crippen LogP contribution in [0.25, 0.3) is 0 Å². The fourth-order valence-electron chi connectivity index (χ4n) is 2.63. The van der Waals surface area contributed by atoms with Gasteiger partial charge in [-0.05, 0) is 51.9 Å². The van der Waals surface area contributed by atoms with Gasteiger partial charge in [-0.25, -0.2) is 0 Å². The number of hydrogen-bond acceptors (Lipinski definition) is 3. The molecule has 0 radical (unpaired) electrons. The Morgan fingerprint density at radius 2 is 2.28 bits per heavy atom. The summed E-state index contributed by atoms with van der Waals surface area (Å²) >= 11 is 1.95. The second-order valence-electron chi connectivity index (χ2n) is 5.42. The molecular formula is C15H26N2S. The fourth-order valence-corrected chi connectivity index (χ4v) is 3.61. The second-order valence-corrected chi connectivity index (χ2v) is 6.62. The Morgan fingerprint density at radius 1 is 1.44 bits per heavy atom. The number of likely N-dealkylation sites (tertiary alicyclic amines) is 1. The lowest BCUT2D eigenvalue weighted by Gasteiger charge is -2.33. The second kappa shape index (κ2) is 6.69. The molecule has 1 N–H and O–H groups in total. The SMILES string of the molecule is CCc1ccc(C(C)NCC2CCCCN2C)s1. The van der Waals surface area contributed by atoms with Crippen LogP contribution in [0.1, 0.15) is 48.9 Å². The van der Waals surface area contributed by atoms with Gasteiger partial charge >= 0.3 is 0 Å². The van der Waals surface area contributed by atoms with Gasteiger partial charge in [-0.15, -0.1) is 11.3 Å². The van der Waals surface area contributed by atoms with E-state index in [1.807, 2.05) is 11.3 Å². The van der Waals surface area contributed by atoms with Gasteiger partial charge in [0.2, 0.25) is 0 Å². The molecule has 1 aliphatic heterocycles. The van der Waals surface area contributed by atoms with Gasteiger partial charge in [0.25, 0.3) is 0 Å². The van der Waals surface area contributed by atoms with Crippen LogP contribution in [0.3, 0.4) is 0 Å². The van der Waals surface area contributed by atoms with Crippen molar-refractivity contribution in [3.63, 3.8) is 0 Å². The number of rotatable bonds is 5. The minimum absolute atomic E-state index is 0.491. The zero-order chi connectivity index (χ0) is 13.0. The number of nitrogens with zero attached hydrogens (tertiary/aromatic N) is 1. The normalized spacial score (nSPS) is 23.2. The van der Waals surface area contributed by atoms with Gasteiger partial charge in [-0.2, -0.15) is 0 Å². The average Bonchev–Trinajstić information content (AvgIpc) is 2.86.